The average Bonchev–Trinajstić information content (AvgIpc) is 3.89. The van der Waals surface area contributed by atoms with Gasteiger partial charge in [-0.25, -0.2) is 0 Å². The minimum atomic E-state index is -0.266. The minimum Gasteiger partial charge on any atom is -0.331 e. The van der Waals surface area contributed by atoms with Crippen LogP contribution in [-0.4, -0.2) is 11.1 Å². The van der Waals surface area contributed by atoms with Crippen LogP contribution in [0, 0.1) is 0 Å². The molecule has 0 bridgehead atoms. The minimum absolute atomic E-state index is 0.183. The molecule has 4 aliphatic rings. The van der Waals surface area contributed by atoms with Crippen molar-refractivity contribution >= 4 is 71.0 Å². The Hall–Kier alpha value is -6.68. The van der Waals surface area contributed by atoms with Gasteiger partial charge in [-0.1, -0.05) is 146 Å². The zero-order valence-corrected chi connectivity index (χ0v) is 34.0. The van der Waals surface area contributed by atoms with Crippen molar-refractivity contribution in [1.82, 2.24) is 0 Å². The van der Waals surface area contributed by atoms with Crippen LogP contribution in [0.2, 0.25) is 0 Å². The van der Waals surface area contributed by atoms with Crippen LogP contribution >= 0.6 is 11.3 Å². The number of benzene rings is 7. The highest BCUT2D eigenvalue weighted by atomic mass is 32.1. The van der Waals surface area contributed by atoms with Crippen LogP contribution in [0.15, 0.2) is 194 Å². The van der Waals surface area contributed by atoms with Gasteiger partial charge in [-0.2, -0.15) is 0 Å². The molecular weight excluding hydrogens is 733 g/mol. The van der Waals surface area contributed by atoms with E-state index in [-0.39, 0.29) is 11.1 Å². The monoisotopic (exact) mass is 774 g/mol. The number of hydrogen-bond donors (Lipinski definition) is 0. The van der Waals surface area contributed by atoms with Crippen LogP contribution in [0.3, 0.4) is 0 Å². The first kappa shape index (κ1) is 34.4. The van der Waals surface area contributed by atoms with Crippen molar-refractivity contribution in [3.8, 4) is 22.3 Å². The first-order chi connectivity index (χ1) is 29.0. The van der Waals surface area contributed by atoms with Crippen molar-refractivity contribution in [1.29, 1.82) is 0 Å². The maximum Gasteiger partial charge on any atom is 0.0716 e. The fourth-order valence-corrected chi connectivity index (χ4v) is 11.8. The van der Waals surface area contributed by atoms with Gasteiger partial charge < -0.3 is 9.80 Å². The maximum absolute atomic E-state index is 2.67. The summed E-state index contributed by atoms with van der Waals surface area (Å²) in [7, 11) is 0. The lowest BCUT2D eigenvalue weighted by atomic mass is 9.79. The third-order valence-electron chi connectivity index (χ3n) is 13.4. The molecule has 282 valence electrons. The summed E-state index contributed by atoms with van der Waals surface area (Å²) in [5, 5.41) is 2.67. The van der Waals surface area contributed by atoms with Gasteiger partial charge in [-0.15, -0.1) is 11.3 Å². The van der Waals surface area contributed by atoms with E-state index < -0.39 is 0 Å². The second-order valence-corrected chi connectivity index (χ2v) is 17.9. The normalized spacial score (nSPS) is 20.2. The molecule has 0 N–H and O–H groups in total. The molecule has 2 nitrogen and oxygen atoms in total. The molecule has 0 fully saturated rings. The largest absolute Gasteiger partial charge is 0.331 e. The van der Waals surface area contributed by atoms with Gasteiger partial charge >= 0.3 is 0 Å². The van der Waals surface area contributed by atoms with Crippen molar-refractivity contribution in [2.75, 3.05) is 9.80 Å². The van der Waals surface area contributed by atoms with Crippen molar-refractivity contribution in [2.45, 2.75) is 37.8 Å². The van der Waals surface area contributed by atoms with Gasteiger partial charge in [0.25, 0.3) is 0 Å². The Labute approximate surface area is 350 Å². The number of hydrogen-bond acceptors (Lipinski definition) is 3. The molecule has 8 aromatic rings. The molecule has 7 aromatic carbocycles. The molecule has 2 unspecified atom stereocenters. The summed E-state index contributed by atoms with van der Waals surface area (Å²) in [6, 6.07) is 60.6. The topological polar surface area (TPSA) is 6.48 Å². The molecule has 2 aliphatic carbocycles. The summed E-state index contributed by atoms with van der Waals surface area (Å²) in [6.07, 6.45) is 13.8. The van der Waals surface area contributed by atoms with Crippen LogP contribution in [-0.2, 0) is 0 Å². The van der Waals surface area contributed by atoms with Crippen LogP contribution in [0.5, 0.6) is 0 Å². The Morgan fingerprint density at radius 2 is 1.17 bits per heavy atom. The van der Waals surface area contributed by atoms with Gasteiger partial charge in [0.2, 0.25) is 0 Å². The Kier molecular flexibility index (Phi) is 7.52. The lowest BCUT2D eigenvalue weighted by molar-refractivity contribution is 0.607. The van der Waals surface area contributed by atoms with Crippen molar-refractivity contribution in [3.05, 3.63) is 211 Å². The molecule has 0 amide bonds. The maximum atomic E-state index is 2.67. The van der Waals surface area contributed by atoms with E-state index in [4.69, 9.17) is 0 Å². The van der Waals surface area contributed by atoms with Gasteiger partial charge in [0.1, 0.15) is 0 Å². The van der Waals surface area contributed by atoms with E-state index in [0.717, 1.165) is 12.8 Å². The number of nitrogens with zero attached hydrogens (tertiary/aromatic N) is 2. The number of anilines is 4. The number of fused-ring (bicyclic) bond motifs is 10. The number of allylic oxidation sites excluding steroid dienone is 4. The van der Waals surface area contributed by atoms with Gasteiger partial charge in [0.15, 0.2) is 0 Å². The van der Waals surface area contributed by atoms with Gasteiger partial charge in [0, 0.05) is 43.7 Å². The summed E-state index contributed by atoms with van der Waals surface area (Å²) in [4.78, 5) is 5.25. The number of thiophene rings is 1. The molecule has 3 heteroatoms. The van der Waals surface area contributed by atoms with Crippen LogP contribution in [0.4, 0.5) is 22.7 Å². The van der Waals surface area contributed by atoms with Crippen molar-refractivity contribution in [2.24, 2.45) is 0 Å². The molecule has 0 saturated carbocycles. The van der Waals surface area contributed by atoms with Crippen LogP contribution in [0.25, 0.3) is 59.1 Å². The second kappa shape index (κ2) is 12.9. The second-order valence-electron chi connectivity index (χ2n) is 16.9. The fraction of sp³-hybridized carbons (Fsp3) is 0.107. The van der Waals surface area contributed by atoms with Gasteiger partial charge in [0.05, 0.1) is 21.5 Å². The molecule has 2 atom stereocenters. The van der Waals surface area contributed by atoms with Gasteiger partial charge in [-0.05, 0) is 120 Å². The molecular formula is C56H42N2S. The van der Waals surface area contributed by atoms with E-state index in [9.17, 15) is 0 Å². The summed E-state index contributed by atoms with van der Waals surface area (Å²) in [6.45, 7) is 4.87. The van der Waals surface area contributed by atoms with E-state index in [1.165, 1.54) is 98.6 Å². The predicted molar refractivity (Wildman–Crippen MR) is 253 cm³/mol. The Morgan fingerprint density at radius 3 is 1.92 bits per heavy atom. The molecule has 1 aromatic heterocycles. The Morgan fingerprint density at radius 1 is 0.508 bits per heavy atom. The highest BCUT2D eigenvalue weighted by molar-refractivity contribution is 7.26. The molecule has 59 heavy (non-hydrogen) atoms. The fourth-order valence-electron chi connectivity index (χ4n) is 10.5. The molecule has 0 saturated heterocycles. The van der Waals surface area contributed by atoms with Crippen molar-refractivity contribution < 1.29 is 0 Å². The van der Waals surface area contributed by atoms with E-state index in [0.29, 0.717) is 0 Å². The first-order valence-corrected chi connectivity index (χ1v) is 21.6. The molecule has 3 heterocycles. The first-order valence-electron chi connectivity index (χ1n) is 20.8. The zero-order chi connectivity index (χ0) is 39.3. The SMILES string of the molecule is CC12CC=CC=C1c1cc(C3=CCC4(C)C(=C3)c3ccc5c(sc6ccccc65)c3N4c3cccc(-c4ccccc4)c3)ccc1N2c1cccc(-c2ccccc2)c1. The lowest BCUT2D eigenvalue weighted by Crippen LogP contribution is -2.40. The van der Waals surface area contributed by atoms with Gasteiger partial charge in [-0.3, -0.25) is 0 Å². The summed E-state index contributed by atoms with van der Waals surface area (Å²) < 4.78 is 2.69. The Balaban J connectivity index is 0.993. The summed E-state index contributed by atoms with van der Waals surface area (Å²) in [5.74, 6) is 0. The zero-order valence-electron chi connectivity index (χ0n) is 33.2. The third-order valence-corrected chi connectivity index (χ3v) is 14.6. The van der Waals surface area contributed by atoms with E-state index in [2.05, 4.69) is 218 Å². The standard InChI is InChI=1S/C56H42N2S/c1-55-31-12-11-24-49(55)48-35-41(26-29-51(48)57(55)43-21-13-19-39(33-43)37-15-5-3-6-16-37)42-30-32-56(2)50(36-42)47-28-27-46-45-23-9-10-25-52(45)59-54(46)53(47)58(56)44-22-14-20-40(34-44)38-17-7-4-8-18-38/h3-30,33-36H,31-32H2,1-2H3. The molecule has 0 radical (unpaired) electrons. The summed E-state index contributed by atoms with van der Waals surface area (Å²) in [5.41, 5.74) is 17.5. The van der Waals surface area contributed by atoms with E-state index >= 15 is 0 Å². The van der Waals surface area contributed by atoms with E-state index in [1.54, 1.807) is 0 Å². The molecule has 2 aliphatic heterocycles. The predicted octanol–water partition coefficient (Wildman–Crippen LogP) is 15.4. The van der Waals surface area contributed by atoms with Crippen LogP contribution < -0.4 is 9.80 Å². The summed E-state index contributed by atoms with van der Waals surface area (Å²) >= 11 is 1.93. The lowest BCUT2D eigenvalue weighted by Gasteiger charge is -2.40. The average molecular weight is 775 g/mol. The molecule has 12 rings (SSSR count). The highest BCUT2D eigenvalue weighted by Gasteiger charge is 2.48. The van der Waals surface area contributed by atoms with E-state index in [1.807, 2.05) is 11.3 Å². The number of rotatable bonds is 5. The van der Waals surface area contributed by atoms with Crippen molar-refractivity contribution in [3.63, 3.8) is 0 Å². The molecule has 0 spiro atoms. The smallest absolute Gasteiger partial charge is 0.0716 e. The Bertz CT molecular complexity index is 3150. The third kappa shape index (κ3) is 5.11. The quantitative estimate of drug-likeness (QED) is 0.172. The van der Waals surface area contributed by atoms with Crippen LogP contribution in [0.1, 0.15) is 43.4 Å². The highest BCUT2D eigenvalue weighted by Crippen LogP contribution is 2.60.